The molecule has 0 radical (unpaired) electrons. The fourth-order valence-electron chi connectivity index (χ4n) is 2.29. The van der Waals surface area contributed by atoms with Crippen LogP contribution in [0.4, 0.5) is 5.69 Å². The summed E-state index contributed by atoms with van der Waals surface area (Å²) in [6.07, 6.45) is 1.96. The summed E-state index contributed by atoms with van der Waals surface area (Å²) in [7, 11) is 1.88. The van der Waals surface area contributed by atoms with Crippen LogP contribution in [-0.2, 0) is 7.05 Å². The molecule has 4 heteroatoms. The molecule has 0 amide bonds. The van der Waals surface area contributed by atoms with Crippen molar-refractivity contribution in [3.8, 4) is 23.5 Å². The Kier molecular flexibility index (Phi) is 3.77. The minimum absolute atomic E-state index is 0.307. The molecular weight excluding hydrogens is 248 g/mol. The van der Waals surface area contributed by atoms with Crippen LogP contribution in [0.2, 0.25) is 0 Å². The minimum Gasteiger partial charge on any atom is -0.335 e. The van der Waals surface area contributed by atoms with Crippen LogP contribution in [-0.4, -0.2) is 4.57 Å². The van der Waals surface area contributed by atoms with Gasteiger partial charge in [-0.25, -0.2) is 0 Å². The maximum Gasteiger partial charge on any atom is 0.181 e. The third kappa shape index (κ3) is 2.37. The zero-order valence-electron chi connectivity index (χ0n) is 11.8. The number of hydrogen-bond donors (Lipinski definition) is 1. The molecule has 0 saturated carbocycles. The summed E-state index contributed by atoms with van der Waals surface area (Å²) in [5, 5.41) is 20.5. The molecular formula is C16H16N4. The second-order valence-electron chi connectivity index (χ2n) is 4.97. The molecule has 0 saturated heterocycles. The zero-order valence-corrected chi connectivity index (χ0v) is 11.8. The Balaban J connectivity index is 2.54. The molecule has 4 nitrogen and oxygen atoms in total. The monoisotopic (exact) mass is 264 g/mol. The van der Waals surface area contributed by atoms with Crippen molar-refractivity contribution in [3.63, 3.8) is 0 Å². The van der Waals surface area contributed by atoms with E-state index in [9.17, 15) is 0 Å². The second kappa shape index (κ2) is 5.50. The Labute approximate surface area is 118 Å². The normalized spacial score (nSPS) is 10.1. The quantitative estimate of drug-likeness (QED) is 0.680. The van der Waals surface area contributed by atoms with E-state index in [0.29, 0.717) is 11.6 Å². The van der Waals surface area contributed by atoms with E-state index in [1.807, 2.05) is 42.1 Å². The highest BCUT2D eigenvalue weighted by atomic mass is 15.0. The summed E-state index contributed by atoms with van der Waals surface area (Å²) >= 11 is 0. The Morgan fingerprint density at radius 1 is 1.15 bits per heavy atom. The Morgan fingerprint density at radius 3 is 2.45 bits per heavy atom. The number of nitrogens with one attached hydrogen (secondary N) is 1. The largest absolute Gasteiger partial charge is 0.335 e. The number of aromatic nitrogens is 1. The van der Waals surface area contributed by atoms with Crippen molar-refractivity contribution in [2.75, 3.05) is 5.32 Å². The maximum atomic E-state index is 9.02. The summed E-state index contributed by atoms with van der Waals surface area (Å²) in [6, 6.07) is 11.9. The molecule has 0 aliphatic rings. The minimum atomic E-state index is 0.307. The van der Waals surface area contributed by atoms with E-state index in [4.69, 9.17) is 10.5 Å². The molecule has 20 heavy (non-hydrogen) atoms. The molecule has 0 bridgehead atoms. The van der Waals surface area contributed by atoms with Gasteiger partial charge in [0.25, 0.3) is 0 Å². The van der Waals surface area contributed by atoms with Gasteiger partial charge in [0, 0.05) is 12.7 Å². The van der Waals surface area contributed by atoms with Crippen molar-refractivity contribution in [1.29, 1.82) is 10.5 Å². The van der Waals surface area contributed by atoms with Crippen LogP contribution >= 0.6 is 0 Å². The van der Waals surface area contributed by atoms with Gasteiger partial charge in [-0.3, -0.25) is 5.32 Å². The first kappa shape index (κ1) is 13.7. The molecule has 2 aromatic rings. The summed E-state index contributed by atoms with van der Waals surface area (Å²) in [6.45, 7) is 4.18. The van der Waals surface area contributed by atoms with E-state index >= 15 is 0 Å². The van der Waals surface area contributed by atoms with Crippen LogP contribution in [0.15, 0.2) is 30.3 Å². The van der Waals surface area contributed by atoms with E-state index in [1.54, 1.807) is 0 Å². The van der Waals surface area contributed by atoms with E-state index in [-0.39, 0.29) is 0 Å². The van der Waals surface area contributed by atoms with E-state index in [0.717, 1.165) is 22.5 Å². The van der Waals surface area contributed by atoms with Gasteiger partial charge in [-0.15, -0.1) is 0 Å². The van der Waals surface area contributed by atoms with Crippen molar-refractivity contribution in [2.45, 2.75) is 19.8 Å². The summed E-state index contributed by atoms with van der Waals surface area (Å²) in [4.78, 5) is 0. The number of benzene rings is 1. The molecule has 0 aliphatic heterocycles. The van der Waals surface area contributed by atoms with Crippen molar-refractivity contribution in [2.24, 2.45) is 7.05 Å². The molecule has 1 heterocycles. The Morgan fingerprint density at radius 2 is 1.90 bits per heavy atom. The SMILES string of the molecule is CC(C)c1cc(-c2ccc(C#N)n2C)ccc1NC#N. The topological polar surface area (TPSA) is 64.5 Å². The van der Waals surface area contributed by atoms with Gasteiger partial charge in [-0.1, -0.05) is 19.9 Å². The number of anilines is 1. The van der Waals surface area contributed by atoms with Crippen LogP contribution in [0.5, 0.6) is 0 Å². The first-order chi connectivity index (χ1) is 9.58. The average Bonchev–Trinajstić information content (AvgIpc) is 2.80. The fraction of sp³-hybridized carbons (Fsp3) is 0.250. The highest BCUT2D eigenvalue weighted by Crippen LogP contribution is 2.30. The van der Waals surface area contributed by atoms with Crippen LogP contribution < -0.4 is 5.32 Å². The van der Waals surface area contributed by atoms with Crippen LogP contribution in [0.1, 0.15) is 31.0 Å². The van der Waals surface area contributed by atoms with E-state index < -0.39 is 0 Å². The molecule has 100 valence electrons. The molecule has 2 rings (SSSR count). The maximum absolute atomic E-state index is 9.02. The third-order valence-corrected chi connectivity index (χ3v) is 3.40. The van der Waals surface area contributed by atoms with Gasteiger partial charge in [0.05, 0.1) is 5.69 Å². The smallest absolute Gasteiger partial charge is 0.181 e. The van der Waals surface area contributed by atoms with Crippen molar-refractivity contribution < 1.29 is 0 Å². The lowest BCUT2D eigenvalue weighted by Crippen LogP contribution is -1.99. The van der Waals surface area contributed by atoms with Gasteiger partial charge in [-0.05, 0) is 41.3 Å². The van der Waals surface area contributed by atoms with Crippen molar-refractivity contribution in [1.82, 2.24) is 4.57 Å². The Bertz CT molecular complexity index is 711. The van der Waals surface area contributed by atoms with Crippen LogP contribution in [0.3, 0.4) is 0 Å². The van der Waals surface area contributed by atoms with Crippen molar-refractivity contribution >= 4 is 5.69 Å². The second-order valence-corrected chi connectivity index (χ2v) is 4.97. The molecule has 1 aromatic heterocycles. The summed E-state index contributed by atoms with van der Waals surface area (Å²) < 4.78 is 1.87. The highest BCUT2D eigenvalue weighted by molar-refractivity contribution is 5.68. The lowest BCUT2D eigenvalue weighted by molar-refractivity contribution is 0.867. The van der Waals surface area contributed by atoms with Gasteiger partial charge in [0.2, 0.25) is 0 Å². The molecule has 0 spiro atoms. The standard InChI is InChI=1S/C16H16N4/c1-11(2)14-8-12(4-6-15(14)19-10-18)16-7-5-13(9-17)20(16)3/h4-8,11,19H,1-3H3. The molecule has 0 unspecified atom stereocenters. The average molecular weight is 264 g/mol. The van der Waals surface area contributed by atoms with Gasteiger partial charge in [0.15, 0.2) is 6.19 Å². The summed E-state index contributed by atoms with van der Waals surface area (Å²) in [5.41, 5.74) is 4.59. The first-order valence-corrected chi connectivity index (χ1v) is 6.43. The highest BCUT2D eigenvalue weighted by Gasteiger charge is 2.11. The van der Waals surface area contributed by atoms with Crippen molar-refractivity contribution in [3.05, 3.63) is 41.6 Å². The number of nitriles is 2. The zero-order chi connectivity index (χ0) is 14.7. The lowest BCUT2D eigenvalue weighted by atomic mass is 9.97. The molecule has 1 aromatic carbocycles. The predicted molar refractivity (Wildman–Crippen MR) is 78.9 cm³/mol. The van der Waals surface area contributed by atoms with Gasteiger partial charge >= 0.3 is 0 Å². The van der Waals surface area contributed by atoms with Gasteiger partial charge < -0.3 is 4.57 Å². The number of nitrogens with zero attached hydrogens (tertiary/aromatic N) is 3. The number of rotatable bonds is 3. The van der Waals surface area contributed by atoms with Crippen LogP contribution in [0.25, 0.3) is 11.3 Å². The third-order valence-electron chi connectivity index (χ3n) is 3.40. The number of hydrogen-bond acceptors (Lipinski definition) is 3. The van der Waals surface area contributed by atoms with Crippen LogP contribution in [0, 0.1) is 22.8 Å². The van der Waals surface area contributed by atoms with E-state index in [1.165, 1.54) is 0 Å². The molecule has 1 N–H and O–H groups in total. The fourth-order valence-corrected chi connectivity index (χ4v) is 2.29. The Hall–Kier alpha value is -2.72. The summed E-state index contributed by atoms with van der Waals surface area (Å²) in [5.74, 6) is 0.307. The van der Waals surface area contributed by atoms with E-state index in [2.05, 4.69) is 31.3 Å². The van der Waals surface area contributed by atoms with Gasteiger partial charge in [-0.2, -0.15) is 10.5 Å². The first-order valence-electron chi connectivity index (χ1n) is 6.43. The van der Waals surface area contributed by atoms with Gasteiger partial charge in [0.1, 0.15) is 11.8 Å². The lowest BCUT2D eigenvalue weighted by Gasteiger charge is -2.14. The molecule has 0 atom stereocenters. The molecule has 0 aliphatic carbocycles. The molecule has 0 fully saturated rings. The predicted octanol–water partition coefficient (Wildman–Crippen LogP) is 3.58.